The summed E-state index contributed by atoms with van der Waals surface area (Å²) in [4.78, 5) is 22.5. The first-order chi connectivity index (χ1) is 9.58. The molecule has 1 fully saturated rings. The first-order valence-electron chi connectivity index (χ1n) is 6.50. The summed E-state index contributed by atoms with van der Waals surface area (Å²) in [5.41, 5.74) is 1.46. The normalized spacial score (nSPS) is 14.5. The predicted octanol–water partition coefficient (Wildman–Crippen LogP) is 2.83. The first kappa shape index (κ1) is 14.0. The van der Waals surface area contributed by atoms with Gasteiger partial charge in [0.25, 0.3) is 0 Å². The van der Waals surface area contributed by atoms with Gasteiger partial charge < -0.3 is 4.74 Å². The Hall–Kier alpha value is -2.41. The molecule has 0 atom stereocenters. The molecule has 0 amide bonds. The lowest BCUT2D eigenvalue weighted by Gasteiger charge is -2.07. The minimum Gasteiger partial charge on any atom is -0.430 e. The van der Waals surface area contributed by atoms with Crippen molar-refractivity contribution in [2.45, 2.75) is 26.2 Å². The molecule has 4 heteroatoms. The van der Waals surface area contributed by atoms with Crippen molar-refractivity contribution in [1.29, 1.82) is 5.26 Å². The third kappa shape index (κ3) is 4.06. The lowest BCUT2D eigenvalue weighted by atomic mass is 10.1. The number of hydrogen-bond acceptors (Lipinski definition) is 4. The van der Waals surface area contributed by atoms with Crippen molar-refractivity contribution in [2.75, 3.05) is 0 Å². The van der Waals surface area contributed by atoms with Gasteiger partial charge in [-0.05, 0) is 43.5 Å². The highest BCUT2D eigenvalue weighted by Gasteiger charge is 2.29. The number of benzene rings is 1. The van der Waals surface area contributed by atoms with E-state index in [2.05, 4.69) is 6.07 Å². The van der Waals surface area contributed by atoms with Crippen LogP contribution in [0, 0.1) is 17.2 Å². The van der Waals surface area contributed by atoms with E-state index < -0.39 is 5.97 Å². The van der Waals surface area contributed by atoms with Crippen molar-refractivity contribution in [3.8, 4) is 6.07 Å². The van der Waals surface area contributed by atoms with Gasteiger partial charge in [-0.3, -0.25) is 9.59 Å². The number of hydrogen-bond donors (Lipinski definition) is 0. The molecule has 102 valence electrons. The molecule has 0 heterocycles. The molecule has 4 nitrogen and oxygen atoms in total. The Bertz CT molecular complexity index is 589. The number of Topliss-reactive ketones (excluding diaryl/α,β-unsaturated/α-hetero) is 1. The maximum absolute atomic E-state index is 11.6. The molecular weight excluding hydrogens is 254 g/mol. The quantitative estimate of drug-likeness (QED) is 0.468. The largest absolute Gasteiger partial charge is 0.430 e. The summed E-state index contributed by atoms with van der Waals surface area (Å²) in [6.07, 6.45) is 3.60. The molecule has 1 aromatic carbocycles. The highest BCUT2D eigenvalue weighted by Crippen LogP contribution is 2.38. The maximum Gasteiger partial charge on any atom is 0.318 e. The van der Waals surface area contributed by atoms with E-state index in [1.807, 2.05) is 0 Å². The Balaban J connectivity index is 2.11. The molecule has 0 unspecified atom stereocenters. The highest BCUT2D eigenvalue weighted by molar-refractivity contribution is 5.94. The fourth-order valence-corrected chi connectivity index (χ4v) is 1.79. The van der Waals surface area contributed by atoms with E-state index in [1.165, 1.54) is 6.92 Å². The van der Waals surface area contributed by atoms with E-state index in [-0.39, 0.29) is 18.1 Å². The van der Waals surface area contributed by atoms with Crippen molar-refractivity contribution in [3.05, 3.63) is 41.2 Å². The van der Waals surface area contributed by atoms with Gasteiger partial charge in [0.1, 0.15) is 18.0 Å². The second kappa shape index (κ2) is 6.16. The fourth-order valence-electron chi connectivity index (χ4n) is 1.79. The molecule has 1 aromatic rings. The number of ketones is 1. The smallest absolute Gasteiger partial charge is 0.318 e. The molecule has 0 aromatic heterocycles. The molecule has 0 saturated heterocycles. The molecule has 0 aliphatic heterocycles. The lowest BCUT2D eigenvalue weighted by molar-refractivity contribution is -0.142. The third-order valence-electron chi connectivity index (χ3n) is 2.95. The molecule has 0 N–H and O–H groups in total. The van der Waals surface area contributed by atoms with Gasteiger partial charge in [0.15, 0.2) is 0 Å². The van der Waals surface area contributed by atoms with E-state index in [0.717, 1.165) is 18.4 Å². The summed E-state index contributed by atoms with van der Waals surface area (Å²) >= 11 is 0. The van der Waals surface area contributed by atoms with Gasteiger partial charge in [-0.15, -0.1) is 0 Å². The number of nitriles is 1. The zero-order valence-electron chi connectivity index (χ0n) is 11.3. The van der Waals surface area contributed by atoms with Gasteiger partial charge in [0, 0.05) is 5.92 Å². The molecule has 0 spiro atoms. The average molecular weight is 269 g/mol. The topological polar surface area (TPSA) is 67.2 Å². The van der Waals surface area contributed by atoms with Crippen molar-refractivity contribution in [1.82, 2.24) is 0 Å². The van der Waals surface area contributed by atoms with Crippen LogP contribution in [-0.2, 0) is 14.3 Å². The van der Waals surface area contributed by atoms with E-state index in [9.17, 15) is 9.59 Å². The third-order valence-corrected chi connectivity index (χ3v) is 2.95. The minimum atomic E-state index is -0.510. The molecule has 1 saturated carbocycles. The van der Waals surface area contributed by atoms with E-state index in [0.29, 0.717) is 11.3 Å². The first-order valence-corrected chi connectivity index (χ1v) is 6.50. The lowest BCUT2D eigenvalue weighted by Crippen LogP contribution is -2.09. The van der Waals surface area contributed by atoms with Crippen LogP contribution in [0.3, 0.4) is 0 Å². The van der Waals surface area contributed by atoms with Crippen molar-refractivity contribution in [3.63, 3.8) is 0 Å². The Morgan fingerprint density at radius 1 is 1.35 bits per heavy atom. The van der Waals surface area contributed by atoms with Crippen LogP contribution in [0.2, 0.25) is 0 Å². The fraction of sp³-hybridized carbons (Fsp3) is 0.312. The summed E-state index contributed by atoms with van der Waals surface area (Å²) in [6.45, 7) is 1.36. The van der Waals surface area contributed by atoms with Crippen LogP contribution in [0.25, 0.3) is 6.08 Å². The second-order valence-corrected chi connectivity index (χ2v) is 4.91. The van der Waals surface area contributed by atoms with Crippen LogP contribution in [0.1, 0.15) is 37.3 Å². The maximum atomic E-state index is 11.6. The van der Waals surface area contributed by atoms with E-state index in [4.69, 9.17) is 10.00 Å². The number of carbonyl (C=O) groups excluding carboxylic acids is 2. The van der Waals surface area contributed by atoms with Crippen LogP contribution < -0.4 is 0 Å². The van der Waals surface area contributed by atoms with Gasteiger partial charge in [-0.1, -0.05) is 12.1 Å². The van der Waals surface area contributed by atoms with E-state index >= 15 is 0 Å². The van der Waals surface area contributed by atoms with Gasteiger partial charge in [0.05, 0.1) is 11.6 Å². The van der Waals surface area contributed by atoms with Gasteiger partial charge >= 0.3 is 5.97 Å². The predicted molar refractivity (Wildman–Crippen MR) is 73.2 cm³/mol. The van der Waals surface area contributed by atoms with Crippen LogP contribution in [0.15, 0.2) is 30.0 Å². The zero-order valence-corrected chi connectivity index (χ0v) is 11.3. The molecule has 2 rings (SSSR count). The average Bonchev–Trinajstić information content (AvgIpc) is 3.22. The van der Waals surface area contributed by atoms with Gasteiger partial charge in [-0.2, -0.15) is 5.26 Å². The number of rotatable bonds is 5. The summed E-state index contributed by atoms with van der Waals surface area (Å²) in [6, 6.07) is 9.10. The van der Waals surface area contributed by atoms with Crippen LogP contribution >= 0.6 is 0 Å². The molecule has 0 bridgehead atoms. The summed E-state index contributed by atoms with van der Waals surface area (Å²) in [5.74, 6) is 0.162. The second-order valence-electron chi connectivity index (χ2n) is 4.91. The molecular formula is C16H15NO3. The van der Waals surface area contributed by atoms with Gasteiger partial charge in [-0.25, -0.2) is 0 Å². The number of esters is 1. The number of carbonyl (C=O) groups is 2. The Labute approximate surface area is 117 Å². The number of allylic oxidation sites excluding steroid dienone is 1. The molecule has 20 heavy (non-hydrogen) atoms. The Kier molecular flexibility index (Phi) is 4.31. The summed E-state index contributed by atoms with van der Waals surface area (Å²) in [7, 11) is 0. The zero-order chi connectivity index (χ0) is 14.5. The number of ether oxygens (including phenoxy) is 1. The monoisotopic (exact) mass is 269 g/mol. The SMILES string of the molecule is CC(=O)CC(=O)O/C(=C\c1ccc(C#N)cc1)C1CC1. The standard InChI is InChI=1S/C16H15NO3/c1-11(18)8-16(19)20-15(14-6-7-14)9-12-2-4-13(10-17)5-3-12/h2-5,9,14H,6-8H2,1H3/b15-9-. The van der Waals surface area contributed by atoms with Crippen LogP contribution in [0.4, 0.5) is 0 Å². The number of nitrogens with zero attached hydrogens (tertiary/aromatic N) is 1. The molecule has 1 aliphatic rings. The van der Waals surface area contributed by atoms with Crippen molar-refractivity contribution < 1.29 is 14.3 Å². The van der Waals surface area contributed by atoms with Gasteiger partial charge in [0.2, 0.25) is 0 Å². The minimum absolute atomic E-state index is 0.197. The summed E-state index contributed by atoms with van der Waals surface area (Å²) < 4.78 is 5.28. The molecule has 0 radical (unpaired) electrons. The Morgan fingerprint density at radius 2 is 2.00 bits per heavy atom. The van der Waals surface area contributed by atoms with E-state index in [1.54, 1.807) is 30.3 Å². The molecule has 1 aliphatic carbocycles. The van der Waals surface area contributed by atoms with Crippen LogP contribution in [0.5, 0.6) is 0 Å². The highest BCUT2D eigenvalue weighted by atomic mass is 16.5. The summed E-state index contributed by atoms with van der Waals surface area (Å²) in [5, 5.41) is 8.74. The Morgan fingerprint density at radius 3 is 2.50 bits per heavy atom. The van der Waals surface area contributed by atoms with Crippen LogP contribution in [-0.4, -0.2) is 11.8 Å². The van der Waals surface area contributed by atoms with Crippen molar-refractivity contribution >= 4 is 17.8 Å². The van der Waals surface area contributed by atoms with Crippen molar-refractivity contribution in [2.24, 2.45) is 5.92 Å².